The number of nitro benzene ring substituents is 1. The summed E-state index contributed by atoms with van der Waals surface area (Å²) in [6, 6.07) is 12.3. The molecule has 0 saturated heterocycles. The number of benzene rings is 2. The summed E-state index contributed by atoms with van der Waals surface area (Å²) in [6.45, 7) is 0. The van der Waals surface area contributed by atoms with Gasteiger partial charge in [0.25, 0.3) is 11.6 Å². The third-order valence-corrected chi connectivity index (χ3v) is 4.01. The summed E-state index contributed by atoms with van der Waals surface area (Å²) in [5.74, 6) is -1.15. The monoisotopic (exact) mass is 428 g/mol. The molecule has 0 atom stereocenters. The molecule has 1 N–H and O–H groups in total. The Morgan fingerprint density at radius 2 is 1.84 bits per heavy atom. The predicted octanol–water partition coefficient (Wildman–Crippen LogP) is 3.43. The standard InChI is InChI=1S/C19H11F3N6O3/c20-19(21,22)17-16(11-25-27(17)14-5-7-15(8-6-14)28(30)31)18(29)26-24-10-13-3-1-12(9-23)2-4-13/h1-8,10-11H,(H,26,29). The molecule has 0 aliphatic rings. The van der Waals surface area contributed by atoms with Gasteiger partial charge in [0.05, 0.1) is 40.2 Å². The van der Waals surface area contributed by atoms with Crippen LogP contribution in [0.1, 0.15) is 27.2 Å². The van der Waals surface area contributed by atoms with Crippen molar-refractivity contribution in [2.75, 3.05) is 0 Å². The SMILES string of the molecule is N#Cc1ccc(C=NNC(=O)c2cnn(-c3ccc([N+](=O)[O-])cc3)c2C(F)(F)F)cc1. The fourth-order valence-electron chi connectivity index (χ4n) is 2.57. The van der Waals surface area contributed by atoms with E-state index in [1.165, 1.54) is 18.3 Å². The van der Waals surface area contributed by atoms with Gasteiger partial charge in [-0.1, -0.05) is 12.1 Å². The number of carbonyl (C=O) groups excluding carboxylic acids is 1. The zero-order valence-corrected chi connectivity index (χ0v) is 15.4. The zero-order chi connectivity index (χ0) is 22.6. The highest BCUT2D eigenvalue weighted by atomic mass is 19.4. The molecule has 31 heavy (non-hydrogen) atoms. The Morgan fingerprint density at radius 3 is 2.39 bits per heavy atom. The first-order valence-electron chi connectivity index (χ1n) is 8.44. The highest BCUT2D eigenvalue weighted by Gasteiger charge is 2.40. The van der Waals surface area contributed by atoms with Crippen LogP contribution in [-0.4, -0.2) is 26.8 Å². The van der Waals surface area contributed by atoms with Crippen LogP contribution in [0.3, 0.4) is 0 Å². The second-order valence-electron chi connectivity index (χ2n) is 6.02. The maximum Gasteiger partial charge on any atom is 0.434 e. The van der Waals surface area contributed by atoms with E-state index in [0.29, 0.717) is 15.8 Å². The minimum Gasteiger partial charge on any atom is -0.267 e. The van der Waals surface area contributed by atoms with Crippen molar-refractivity contribution in [3.8, 4) is 11.8 Å². The molecule has 0 aliphatic heterocycles. The molecular formula is C19H11F3N6O3. The third-order valence-electron chi connectivity index (χ3n) is 4.01. The van der Waals surface area contributed by atoms with Gasteiger partial charge in [-0.05, 0) is 29.8 Å². The molecule has 0 fully saturated rings. The summed E-state index contributed by atoms with van der Waals surface area (Å²) in [5.41, 5.74) is 0.375. The number of rotatable bonds is 5. The number of nitrogens with zero attached hydrogens (tertiary/aromatic N) is 5. The van der Waals surface area contributed by atoms with E-state index >= 15 is 0 Å². The fraction of sp³-hybridized carbons (Fsp3) is 0.0526. The van der Waals surface area contributed by atoms with Gasteiger partial charge in [0.1, 0.15) is 0 Å². The number of amides is 1. The first kappa shape index (κ1) is 21.2. The number of non-ortho nitro benzene ring substituents is 1. The molecule has 12 heteroatoms. The minimum atomic E-state index is -4.94. The van der Waals surface area contributed by atoms with Gasteiger partial charge >= 0.3 is 6.18 Å². The van der Waals surface area contributed by atoms with Gasteiger partial charge in [0.2, 0.25) is 0 Å². The Labute approximate surface area is 172 Å². The topological polar surface area (TPSA) is 126 Å². The van der Waals surface area contributed by atoms with Crippen LogP contribution in [0.25, 0.3) is 5.69 Å². The van der Waals surface area contributed by atoms with Crippen LogP contribution in [0.2, 0.25) is 0 Å². The van der Waals surface area contributed by atoms with E-state index in [9.17, 15) is 28.1 Å². The third kappa shape index (κ3) is 4.73. The van der Waals surface area contributed by atoms with Crippen LogP contribution in [0.4, 0.5) is 18.9 Å². The summed E-state index contributed by atoms with van der Waals surface area (Å²) in [5, 5.41) is 26.7. The number of hydrogen-bond acceptors (Lipinski definition) is 6. The van der Waals surface area contributed by atoms with Crippen molar-refractivity contribution < 1.29 is 22.9 Å². The summed E-state index contributed by atoms with van der Waals surface area (Å²) in [6.07, 6.45) is -3.01. The van der Waals surface area contributed by atoms with Crippen molar-refractivity contribution in [1.29, 1.82) is 5.26 Å². The second kappa shape index (κ2) is 8.46. The van der Waals surface area contributed by atoms with E-state index < -0.39 is 28.3 Å². The van der Waals surface area contributed by atoms with E-state index in [4.69, 9.17) is 5.26 Å². The quantitative estimate of drug-likeness (QED) is 0.378. The number of halogens is 3. The van der Waals surface area contributed by atoms with Crippen molar-refractivity contribution in [1.82, 2.24) is 15.2 Å². The highest BCUT2D eigenvalue weighted by molar-refractivity contribution is 5.96. The molecule has 1 aromatic heterocycles. The Morgan fingerprint density at radius 1 is 1.19 bits per heavy atom. The average Bonchev–Trinajstić information content (AvgIpc) is 3.20. The van der Waals surface area contributed by atoms with Crippen molar-refractivity contribution in [2.45, 2.75) is 6.18 Å². The Balaban J connectivity index is 1.86. The molecular weight excluding hydrogens is 417 g/mol. The summed E-state index contributed by atoms with van der Waals surface area (Å²) in [7, 11) is 0. The van der Waals surface area contributed by atoms with Crippen LogP contribution in [0.5, 0.6) is 0 Å². The maximum absolute atomic E-state index is 13.6. The van der Waals surface area contributed by atoms with Gasteiger partial charge in [-0.3, -0.25) is 14.9 Å². The number of carbonyl (C=O) groups is 1. The molecule has 1 heterocycles. The first-order chi connectivity index (χ1) is 14.7. The molecule has 1 amide bonds. The zero-order valence-electron chi connectivity index (χ0n) is 15.4. The molecule has 3 aromatic rings. The fourth-order valence-corrected chi connectivity index (χ4v) is 2.57. The summed E-state index contributed by atoms with van der Waals surface area (Å²) >= 11 is 0. The Bertz CT molecular complexity index is 1190. The molecule has 0 aliphatic carbocycles. The number of aromatic nitrogens is 2. The van der Waals surface area contributed by atoms with Crippen LogP contribution < -0.4 is 5.43 Å². The van der Waals surface area contributed by atoms with Crippen LogP contribution >= 0.6 is 0 Å². The summed E-state index contributed by atoms with van der Waals surface area (Å²) in [4.78, 5) is 22.3. The average molecular weight is 428 g/mol. The lowest BCUT2D eigenvalue weighted by Crippen LogP contribution is -2.23. The van der Waals surface area contributed by atoms with Crippen molar-refractivity contribution >= 4 is 17.8 Å². The Kier molecular flexibility index (Phi) is 5.78. The first-order valence-corrected chi connectivity index (χ1v) is 8.44. The largest absolute Gasteiger partial charge is 0.434 e. The van der Waals surface area contributed by atoms with Gasteiger partial charge < -0.3 is 0 Å². The molecule has 156 valence electrons. The van der Waals surface area contributed by atoms with Crippen molar-refractivity contribution in [3.63, 3.8) is 0 Å². The van der Waals surface area contributed by atoms with Gasteiger partial charge in [-0.2, -0.15) is 28.6 Å². The molecule has 0 saturated carbocycles. The predicted molar refractivity (Wildman–Crippen MR) is 101 cm³/mol. The van der Waals surface area contributed by atoms with E-state index in [1.54, 1.807) is 12.1 Å². The van der Waals surface area contributed by atoms with Gasteiger partial charge in [-0.15, -0.1) is 0 Å². The molecule has 2 aromatic carbocycles. The lowest BCUT2D eigenvalue weighted by molar-refractivity contribution is -0.384. The number of nitro groups is 1. The van der Waals surface area contributed by atoms with Crippen LogP contribution in [0.15, 0.2) is 59.8 Å². The van der Waals surface area contributed by atoms with E-state index in [-0.39, 0.29) is 11.4 Å². The van der Waals surface area contributed by atoms with E-state index in [0.717, 1.165) is 30.5 Å². The molecule has 0 radical (unpaired) electrons. The van der Waals surface area contributed by atoms with Crippen LogP contribution in [0, 0.1) is 21.4 Å². The highest BCUT2D eigenvalue weighted by Crippen LogP contribution is 2.34. The maximum atomic E-state index is 13.6. The van der Waals surface area contributed by atoms with Crippen LogP contribution in [-0.2, 0) is 6.18 Å². The van der Waals surface area contributed by atoms with Crippen molar-refractivity contribution in [3.05, 3.63) is 87.2 Å². The van der Waals surface area contributed by atoms with E-state index in [1.807, 2.05) is 11.5 Å². The van der Waals surface area contributed by atoms with Gasteiger partial charge in [0, 0.05) is 12.1 Å². The lowest BCUT2D eigenvalue weighted by Gasteiger charge is -2.12. The number of hydrogen-bond donors (Lipinski definition) is 1. The molecule has 0 unspecified atom stereocenters. The van der Waals surface area contributed by atoms with Gasteiger partial charge in [-0.25, -0.2) is 10.1 Å². The van der Waals surface area contributed by atoms with Crippen molar-refractivity contribution in [2.24, 2.45) is 5.10 Å². The van der Waals surface area contributed by atoms with E-state index in [2.05, 4.69) is 10.2 Å². The number of hydrazone groups is 1. The minimum absolute atomic E-state index is 0.113. The molecule has 9 nitrogen and oxygen atoms in total. The molecule has 0 spiro atoms. The molecule has 0 bridgehead atoms. The second-order valence-corrected chi connectivity index (χ2v) is 6.02. The lowest BCUT2D eigenvalue weighted by atomic mass is 10.2. The number of nitrogens with one attached hydrogen (secondary N) is 1. The Hall–Kier alpha value is -4.53. The van der Waals surface area contributed by atoms with Gasteiger partial charge in [0.15, 0.2) is 5.69 Å². The molecule has 3 rings (SSSR count). The smallest absolute Gasteiger partial charge is 0.267 e. The summed E-state index contributed by atoms with van der Waals surface area (Å²) < 4.78 is 41.4. The number of nitriles is 1. The number of alkyl halides is 3. The normalized spacial score (nSPS) is 11.3.